The minimum atomic E-state index is -4.98. The summed E-state index contributed by atoms with van der Waals surface area (Å²) in [4.78, 5) is 37.5. The maximum Gasteiger partial charge on any atom is 0.431 e. The third kappa shape index (κ3) is 6.45. The van der Waals surface area contributed by atoms with E-state index in [4.69, 9.17) is 9.94 Å². The second-order valence-electron chi connectivity index (χ2n) is 7.80. The zero-order valence-electron chi connectivity index (χ0n) is 19.4. The molecule has 11 nitrogen and oxygen atoms in total. The summed E-state index contributed by atoms with van der Waals surface area (Å²) in [6.07, 6.45) is -5.55. The summed E-state index contributed by atoms with van der Waals surface area (Å²) in [5, 5.41) is 9.09. The van der Waals surface area contributed by atoms with Gasteiger partial charge in [0.05, 0.1) is 4.90 Å². The first-order chi connectivity index (χ1) is 17.7. The quantitative estimate of drug-likeness (QED) is 0.206. The van der Waals surface area contributed by atoms with E-state index in [1.807, 2.05) is 0 Å². The normalized spacial score (nSPS) is 12.8. The number of amides is 1. The first kappa shape index (κ1) is 28.5. The van der Waals surface area contributed by atoms with Gasteiger partial charge in [-0.05, 0) is 55.0 Å². The molecule has 204 valence electrons. The molecule has 0 spiro atoms. The maximum atomic E-state index is 13.1. The fourth-order valence-electron chi connectivity index (χ4n) is 3.34. The average Bonchev–Trinajstić information content (AvgIpc) is 2.86. The molecule has 0 aliphatic rings. The lowest BCUT2D eigenvalue weighted by molar-refractivity contribution is -0.141. The van der Waals surface area contributed by atoms with Crippen LogP contribution >= 0.6 is 0 Å². The van der Waals surface area contributed by atoms with E-state index in [1.165, 1.54) is 46.9 Å². The molecule has 0 radical (unpaired) electrons. The first-order valence-corrected chi connectivity index (χ1v) is 12.0. The Balaban J connectivity index is 1.81. The molecule has 3 rings (SSSR count). The number of nitrogens with one attached hydrogen (secondary N) is 2. The number of benzene rings is 2. The predicted octanol–water partition coefficient (Wildman–Crippen LogP) is 2.07. The van der Waals surface area contributed by atoms with E-state index in [1.54, 1.807) is 0 Å². The van der Waals surface area contributed by atoms with Crippen molar-refractivity contribution in [2.75, 3.05) is 7.05 Å². The van der Waals surface area contributed by atoms with Crippen LogP contribution < -0.4 is 21.5 Å². The lowest BCUT2D eigenvalue weighted by atomic mass is 10.2. The van der Waals surface area contributed by atoms with E-state index < -0.39 is 63.9 Å². The molecule has 38 heavy (non-hydrogen) atoms. The van der Waals surface area contributed by atoms with Crippen LogP contribution in [0.5, 0.6) is 11.5 Å². The van der Waals surface area contributed by atoms with Gasteiger partial charge in [0.25, 0.3) is 11.5 Å². The van der Waals surface area contributed by atoms with E-state index in [2.05, 4.69) is 0 Å². The molecular weight excluding hydrogens is 540 g/mol. The summed E-state index contributed by atoms with van der Waals surface area (Å²) in [6.45, 7) is -0.658. The molecule has 3 aromatic rings. The molecule has 1 unspecified atom stereocenters. The summed E-state index contributed by atoms with van der Waals surface area (Å²) in [5.41, 5.74) is -3.03. The molecule has 0 bridgehead atoms. The molecule has 16 heteroatoms. The Bertz CT molecular complexity index is 1490. The maximum absolute atomic E-state index is 13.1. The van der Waals surface area contributed by atoms with E-state index in [0.29, 0.717) is 8.87 Å². The third-order valence-electron chi connectivity index (χ3n) is 5.35. The molecule has 0 aliphatic carbocycles. The highest BCUT2D eigenvalue weighted by atomic mass is 32.2. The van der Waals surface area contributed by atoms with E-state index >= 15 is 0 Å². The Morgan fingerprint density at radius 3 is 2.16 bits per heavy atom. The monoisotopic (exact) mass is 560 g/mol. The van der Waals surface area contributed by atoms with Gasteiger partial charge >= 0.3 is 11.9 Å². The molecule has 1 aromatic heterocycles. The lowest BCUT2D eigenvalue weighted by Crippen LogP contribution is -2.48. The number of carbonyl (C=O) groups is 1. The van der Waals surface area contributed by atoms with Gasteiger partial charge in [-0.2, -0.15) is 17.5 Å². The number of halogens is 4. The van der Waals surface area contributed by atoms with Crippen molar-refractivity contribution in [1.29, 1.82) is 0 Å². The zero-order valence-corrected chi connectivity index (χ0v) is 20.2. The second-order valence-corrected chi connectivity index (χ2v) is 9.80. The van der Waals surface area contributed by atoms with Crippen molar-refractivity contribution in [2.45, 2.75) is 30.1 Å². The van der Waals surface area contributed by atoms with Gasteiger partial charge < -0.3 is 9.72 Å². The van der Waals surface area contributed by atoms with E-state index in [-0.39, 0.29) is 22.5 Å². The number of ether oxygens (including phenoxy) is 1. The number of aromatic nitrogens is 2. The van der Waals surface area contributed by atoms with Crippen molar-refractivity contribution in [3.8, 4) is 11.5 Å². The van der Waals surface area contributed by atoms with Crippen LogP contribution in [0.1, 0.15) is 12.1 Å². The standard InChI is InChI=1S/C22H20F4N4O7S/c1-29(38(35,36)16-8-6-15(7-9-16)37-14-4-2-13(23)3-5-14)17(20(32)28-34)10-11-30-19(31)12-18(22(24,25)26)27-21(30)33/h2-9,12,17,34H,10-11H2,1H3,(H,27,33)(H,28,32). The fourth-order valence-corrected chi connectivity index (χ4v) is 4.69. The second kappa shape index (κ2) is 11.2. The van der Waals surface area contributed by atoms with Crippen molar-refractivity contribution in [3.05, 3.63) is 86.9 Å². The van der Waals surface area contributed by atoms with Crippen molar-refractivity contribution in [1.82, 2.24) is 19.3 Å². The number of hydroxylamine groups is 1. The van der Waals surface area contributed by atoms with Crippen LogP contribution in [0, 0.1) is 5.82 Å². The number of hydrogen-bond donors (Lipinski definition) is 3. The number of alkyl halides is 3. The Morgan fingerprint density at radius 1 is 1.11 bits per heavy atom. The van der Waals surface area contributed by atoms with Gasteiger partial charge in [0.1, 0.15) is 29.1 Å². The van der Waals surface area contributed by atoms with Gasteiger partial charge in [0, 0.05) is 19.7 Å². The van der Waals surface area contributed by atoms with Gasteiger partial charge in [0.15, 0.2) is 0 Å². The molecule has 0 saturated carbocycles. The number of nitrogens with zero attached hydrogens (tertiary/aromatic N) is 2. The largest absolute Gasteiger partial charge is 0.457 e. The number of sulfonamides is 1. The Labute approximate surface area is 211 Å². The number of H-pyrrole nitrogens is 1. The fraction of sp³-hybridized carbons (Fsp3) is 0.227. The molecule has 1 atom stereocenters. The summed E-state index contributed by atoms with van der Waals surface area (Å²) in [5.74, 6) is -1.20. The van der Waals surface area contributed by atoms with Gasteiger partial charge in [0.2, 0.25) is 10.0 Å². The molecule has 0 saturated heterocycles. The Hall–Kier alpha value is -4.02. The summed E-state index contributed by atoms with van der Waals surface area (Å²) in [6, 6.07) is 8.45. The number of aromatic amines is 1. The Kier molecular flexibility index (Phi) is 8.38. The highest BCUT2D eigenvalue weighted by Gasteiger charge is 2.35. The first-order valence-electron chi connectivity index (χ1n) is 10.6. The number of hydrogen-bond acceptors (Lipinski definition) is 7. The molecular formula is C22H20F4N4O7S. The van der Waals surface area contributed by atoms with Crippen LogP contribution in [0.2, 0.25) is 0 Å². The van der Waals surface area contributed by atoms with Crippen LogP contribution in [-0.2, 0) is 27.5 Å². The van der Waals surface area contributed by atoms with Crippen molar-refractivity contribution in [2.24, 2.45) is 0 Å². The molecule has 1 amide bonds. The minimum absolute atomic E-state index is 0.151. The smallest absolute Gasteiger partial charge is 0.431 e. The average molecular weight is 560 g/mol. The van der Waals surface area contributed by atoms with Crippen molar-refractivity contribution < 1.29 is 40.7 Å². The van der Waals surface area contributed by atoms with Crippen LogP contribution in [0.4, 0.5) is 17.6 Å². The predicted molar refractivity (Wildman–Crippen MR) is 123 cm³/mol. The summed E-state index contributed by atoms with van der Waals surface area (Å²) in [7, 11) is -3.41. The van der Waals surface area contributed by atoms with Crippen LogP contribution in [0.25, 0.3) is 0 Å². The van der Waals surface area contributed by atoms with E-state index in [0.717, 1.165) is 19.2 Å². The van der Waals surface area contributed by atoms with Crippen LogP contribution in [0.15, 0.2) is 69.1 Å². The third-order valence-corrected chi connectivity index (χ3v) is 7.23. The van der Waals surface area contributed by atoms with Gasteiger partial charge in [-0.3, -0.25) is 19.4 Å². The molecule has 2 aromatic carbocycles. The molecule has 0 aliphatic heterocycles. The number of carbonyl (C=O) groups excluding carboxylic acids is 1. The minimum Gasteiger partial charge on any atom is -0.457 e. The van der Waals surface area contributed by atoms with Gasteiger partial charge in [-0.25, -0.2) is 23.1 Å². The number of rotatable bonds is 9. The molecule has 0 fully saturated rings. The zero-order chi connectivity index (χ0) is 28.3. The van der Waals surface area contributed by atoms with Crippen molar-refractivity contribution in [3.63, 3.8) is 0 Å². The lowest BCUT2D eigenvalue weighted by Gasteiger charge is -2.26. The number of likely N-dealkylation sites (N-methyl/N-ethyl adjacent to an activating group) is 1. The molecule has 1 heterocycles. The van der Waals surface area contributed by atoms with Gasteiger partial charge in [-0.15, -0.1) is 0 Å². The topological polar surface area (TPSA) is 151 Å². The molecule has 3 N–H and O–H groups in total. The Morgan fingerprint density at radius 2 is 1.66 bits per heavy atom. The highest BCUT2D eigenvalue weighted by Crippen LogP contribution is 2.26. The summed E-state index contributed by atoms with van der Waals surface area (Å²) < 4.78 is 84.1. The van der Waals surface area contributed by atoms with E-state index in [9.17, 15) is 40.4 Å². The van der Waals surface area contributed by atoms with Gasteiger partial charge in [-0.1, -0.05) is 0 Å². The van der Waals surface area contributed by atoms with Crippen LogP contribution in [0.3, 0.4) is 0 Å². The van der Waals surface area contributed by atoms with Crippen LogP contribution in [-0.4, -0.2) is 46.5 Å². The SMILES string of the molecule is CN(C(CCn1c(=O)cc(C(F)(F)F)[nH]c1=O)C(=O)NO)S(=O)(=O)c1ccc(Oc2ccc(F)cc2)cc1. The summed E-state index contributed by atoms with van der Waals surface area (Å²) >= 11 is 0. The highest BCUT2D eigenvalue weighted by molar-refractivity contribution is 7.89. The van der Waals surface area contributed by atoms with Crippen molar-refractivity contribution >= 4 is 15.9 Å².